The summed E-state index contributed by atoms with van der Waals surface area (Å²) in [6.45, 7) is 8.59. The summed E-state index contributed by atoms with van der Waals surface area (Å²) >= 11 is 0. The van der Waals surface area contributed by atoms with Crippen molar-refractivity contribution in [2.75, 3.05) is 7.05 Å². The Morgan fingerprint density at radius 1 is 1.47 bits per heavy atom. The van der Waals surface area contributed by atoms with Gasteiger partial charge in [0.25, 0.3) is 0 Å². The van der Waals surface area contributed by atoms with E-state index in [2.05, 4.69) is 31.2 Å². The van der Waals surface area contributed by atoms with Gasteiger partial charge in [-0.05, 0) is 33.7 Å². The summed E-state index contributed by atoms with van der Waals surface area (Å²) in [4.78, 5) is 11.0. The molecule has 0 aliphatic carbocycles. The molecule has 0 amide bonds. The lowest BCUT2D eigenvalue weighted by Gasteiger charge is -2.22. The highest BCUT2D eigenvalue weighted by molar-refractivity contribution is 5.43. The van der Waals surface area contributed by atoms with Gasteiger partial charge in [-0.15, -0.1) is 0 Å². The Morgan fingerprint density at radius 3 is 2.53 bits per heavy atom. The van der Waals surface area contributed by atoms with E-state index in [1.54, 1.807) is 6.92 Å². The SMILES string of the molecule is CCCn1nc(C)c([N+](=O)[O-])c1C(CC)C(C)NC. The summed E-state index contributed by atoms with van der Waals surface area (Å²) in [6.07, 6.45) is 1.76. The number of likely N-dealkylation sites (N-methyl/N-ethyl adjacent to an activating group) is 1. The van der Waals surface area contributed by atoms with Crippen molar-refractivity contribution in [2.45, 2.75) is 59.0 Å². The molecule has 108 valence electrons. The average Bonchev–Trinajstić information content (AvgIpc) is 2.67. The zero-order valence-electron chi connectivity index (χ0n) is 12.4. The molecule has 1 aromatic heterocycles. The second-order valence-electron chi connectivity index (χ2n) is 4.89. The normalized spacial score (nSPS) is 14.4. The number of rotatable bonds is 7. The minimum Gasteiger partial charge on any atom is -0.317 e. The predicted molar refractivity (Wildman–Crippen MR) is 75.5 cm³/mol. The third-order valence-corrected chi connectivity index (χ3v) is 3.60. The van der Waals surface area contributed by atoms with Gasteiger partial charge in [0.15, 0.2) is 0 Å². The Bertz CT molecular complexity index is 442. The minimum atomic E-state index is -0.297. The zero-order chi connectivity index (χ0) is 14.6. The van der Waals surface area contributed by atoms with E-state index in [1.807, 2.05) is 11.7 Å². The van der Waals surface area contributed by atoms with E-state index in [1.165, 1.54) is 0 Å². The number of hydrogen-bond acceptors (Lipinski definition) is 4. The van der Waals surface area contributed by atoms with E-state index in [9.17, 15) is 10.1 Å². The lowest BCUT2D eigenvalue weighted by molar-refractivity contribution is -0.386. The van der Waals surface area contributed by atoms with Crippen LogP contribution in [0.15, 0.2) is 0 Å². The molecule has 0 radical (unpaired) electrons. The van der Waals surface area contributed by atoms with Crippen LogP contribution in [0.2, 0.25) is 0 Å². The summed E-state index contributed by atoms with van der Waals surface area (Å²) in [6, 6.07) is 0.176. The van der Waals surface area contributed by atoms with Gasteiger partial charge >= 0.3 is 5.69 Å². The van der Waals surface area contributed by atoms with E-state index in [0.29, 0.717) is 5.69 Å². The first-order valence-electron chi connectivity index (χ1n) is 6.86. The molecule has 0 aliphatic rings. The molecule has 1 aromatic rings. The number of nitro groups is 1. The molecular weight excluding hydrogens is 244 g/mol. The highest BCUT2D eigenvalue weighted by Crippen LogP contribution is 2.33. The van der Waals surface area contributed by atoms with Crippen LogP contribution in [0.1, 0.15) is 50.9 Å². The highest BCUT2D eigenvalue weighted by Gasteiger charge is 2.32. The summed E-state index contributed by atoms with van der Waals surface area (Å²) in [5.74, 6) is 0.0955. The van der Waals surface area contributed by atoms with Crippen LogP contribution in [0.4, 0.5) is 5.69 Å². The van der Waals surface area contributed by atoms with E-state index >= 15 is 0 Å². The standard InChI is InChI=1S/C13H24N4O2/c1-6-8-16-13(11(7-2)9(3)14-5)12(17(18)19)10(4)15-16/h9,11,14H,6-8H2,1-5H3. The van der Waals surface area contributed by atoms with Crippen LogP contribution < -0.4 is 5.32 Å². The molecule has 2 atom stereocenters. The number of nitrogens with zero attached hydrogens (tertiary/aromatic N) is 3. The Labute approximate surface area is 114 Å². The van der Waals surface area contributed by atoms with Gasteiger partial charge in [-0.1, -0.05) is 13.8 Å². The van der Waals surface area contributed by atoms with Gasteiger partial charge < -0.3 is 5.32 Å². The third-order valence-electron chi connectivity index (χ3n) is 3.60. The molecule has 1 rings (SSSR count). The van der Waals surface area contributed by atoms with E-state index < -0.39 is 0 Å². The third kappa shape index (κ3) is 3.12. The monoisotopic (exact) mass is 268 g/mol. The van der Waals surface area contributed by atoms with Crippen LogP contribution in [0.5, 0.6) is 0 Å². The Kier molecular flexibility index (Phi) is 5.47. The van der Waals surface area contributed by atoms with Crippen LogP contribution >= 0.6 is 0 Å². The molecule has 6 heteroatoms. The predicted octanol–water partition coefficient (Wildman–Crippen LogP) is 2.61. The zero-order valence-corrected chi connectivity index (χ0v) is 12.4. The average molecular weight is 268 g/mol. The van der Waals surface area contributed by atoms with Crippen molar-refractivity contribution < 1.29 is 4.92 Å². The molecule has 1 heterocycles. The molecule has 2 unspecified atom stereocenters. The summed E-state index contributed by atoms with van der Waals surface area (Å²) in [5.41, 5.74) is 1.45. The molecule has 0 aromatic carbocycles. The molecule has 0 saturated heterocycles. The second kappa shape index (κ2) is 6.65. The van der Waals surface area contributed by atoms with Crippen molar-refractivity contribution in [3.8, 4) is 0 Å². The molecule has 0 fully saturated rings. The van der Waals surface area contributed by atoms with Crippen molar-refractivity contribution in [3.63, 3.8) is 0 Å². The maximum Gasteiger partial charge on any atom is 0.313 e. The first-order valence-corrected chi connectivity index (χ1v) is 6.86. The first kappa shape index (κ1) is 15.6. The molecule has 6 nitrogen and oxygen atoms in total. The van der Waals surface area contributed by atoms with Gasteiger partial charge in [-0.3, -0.25) is 14.8 Å². The lowest BCUT2D eigenvalue weighted by Crippen LogP contribution is -2.30. The Morgan fingerprint density at radius 2 is 2.11 bits per heavy atom. The summed E-state index contributed by atoms with van der Waals surface area (Å²) < 4.78 is 1.81. The quantitative estimate of drug-likeness (QED) is 0.609. The van der Waals surface area contributed by atoms with E-state index in [4.69, 9.17) is 0 Å². The Hall–Kier alpha value is -1.43. The molecule has 1 N–H and O–H groups in total. The minimum absolute atomic E-state index is 0.0955. The first-order chi connectivity index (χ1) is 8.97. The van der Waals surface area contributed by atoms with Gasteiger partial charge in [-0.25, -0.2) is 0 Å². The van der Waals surface area contributed by atoms with Gasteiger partial charge in [0.05, 0.1) is 4.92 Å². The number of aryl methyl sites for hydroxylation is 2. The van der Waals surface area contributed by atoms with Crippen LogP contribution in [-0.2, 0) is 6.54 Å². The smallest absolute Gasteiger partial charge is 0.313 e. The molecule has 0 spiro atoms. The van der Waals surface area contributed by atoms with Crippen molar-refractivity contribution in [1.29, 1.82) is 0 Å². The van der Waals surface area contributed by atoms with Gasteiger partial charge in [0, 0.05) is 18.5 Å². The number of aromatic nitrogens is 2. The molecule has 0 aliphatic heterocycles. The number of nitrogens with one attached hydrogen (secondary N) is 1. The van der Waals surface area contributed by atoms with Gasteiger partial charge in [0.2, 0.25) is 0 Å². The van der Waals surface area contributed by atoms with Gasteiger partial charge in [-0.2, -0.15) is 5.10 Å². The molecule has 19 heavy (non-hydrogen) atoms. The molecular formula is C13H24N4O2. The Balaban J connectivity index is 3.38. The van der Waals surface area contributed by atoms with Crippen molar-refractivity contribution in [3.05, 3.63) is 21.5 Å². The fraction of sp³-hybridized carbons (Fsp3) is 0.769. The topological polar surface area (TPSA) is 73.0 Å². The maximum atomic E-state index is 11.3. The van der Waals surface area contributed by atoms with Crippen molar-refractivity contribution in [2.24, 2.45) is 0 Å². The van der Waals surface area contributed by atoms with Crippen molar-refractivity contribution in [1.82, 2.24) is 15.1 Å². The van der Waals surface area contributed by atoms with E-state index in [-0.39, 0.29) is 22.6 Å². The fourth-order valence-corrected chi connectivity index (χ4v) is 2.55. The van der Waals surface area contributed by atoms with Crippen LogP contribution in [0, 0.1) is 17.0 Å². The second-order valence-corrected chi connectivity index (χ2v) is 4.89. The maximum absolute atomic E-state index is 11.3. The van der Waals surface area contributed by atoms with Crippen LogP contribution in [0.3, 0.4) is 0 Å². The fourth-order valence-electron chi connectivity index (χ4n) is 2.55. The van der Waals surface area contributed by atoms with Crippen LogP contribution in [0.25, 0.3) is 0 Å². The molecule has 0 bridgehead atoms. The van der Waals surface area contributed by atoms with Crippen molar-refractivity contribution >= 4 is 5.69 Å². The summed E-state index contributed by atoms with van der Waals surface area (Å²) in [5, 5.41) is 18.9. The molecule has 0 saturated carbocycles. The highest BCUT2D eigenvalue weighted by atomic mass is 16.6. The van der Waals surface area contributed by atoms with Gasteiger partial charge in [0.1, 0.15) is 11.4 Å². The number of hydrogen-bond donors (Lipinski definition) is 1. The van der Waals surface area contributed by atoms with E-state index in [0.717, 1.165) is 25.1 Å². The largest absolute Gasteiger partial charge is 0.317 e. The van der Waals surface area contributed by atoms with Crippen LogP contribution in [-0.4, -0.2) is 27.8 Å². The lowest BCUT2D eigenvalue weighted by atomic mass is 9.93. The summed E-state index contributed by atoms with van der Waals surface area (Å²) in [7, 11) is 1.88.